The van der Waals surface area contributed by atoms with Crippen molar-refractivity contribution >= 4 is 17.3 Å². The first kappa shape index (κ1) is 18.1. The summed E-state index contributed by atoms with van der Waals surface area (Å²) in [5, 5.41) is 0.628. The van der Waals surface area contributed by atoms with Crippen molar-refractivity contribution in [3.8, 4) is 21.0 Å². The fourth-order valence-electron chi connectivity index (χ4n) is 2.33. The molecule has 1 aromatic heterocycles. The zero-order chi connectivity index (χ0) is 18.7. The fraction of sp³-hybridized carbons (Fsp3) is 0.158. The van der Waals surface area contributed by atoms with Gasteiger partial charge in [0.1, 0.15) is 5.01 Å². The van der Waals surface area contributed by atoms with E-state index in [9.17, 15) is 18.0 Å². The summed E-state index contributed by atoms with van der Waals surface area (Å²) >= 11 is 1.37. The van der Waals surface area contributed by atoms with Gasteiger partial charge in [0, 0.05) is 11.8 Å². The van der Waals surface area contributed by atoms with Crippen LogP contribution < -0.4 is 0 Å². The maximum absolute atomic E-state index is 12.6. The second kappa shape index (κ2) is 7.29. The lowest BCUT2D eigenvalue weighted by molar-refractivity contribution is -0.137. The van der Waals surface area contributed by atoms with Crippen LogP contribution in [0.5, 0.6) is 0 Å². The normalized spacial score (nSPS) is 11.4. The van der Waals surface area contributed by atoms with Gasteiger partial charge in [0.15, 0.2) is 0 Å². The lowest BCUT2D eigenvalue weighted by Gasteiger charge is -2.06. The first-order chi connectivity index (χ1) is 12.4. The first-order valence-corrected chi connectivity index (χ1v) is 8.61. The molecular weight excluding hydrogens is 363 g/mol. The number of hydrogen-bond donors (Lipinski definition) is 0. The van der Waals surface area contributed by atoms with E-state index >= 15 is 0 Å². The molecule has 2 aromatic carbocycles. The van der Waals surface area contributed by atoms with Crippen molar-refractivity contribution in [2.24, 2.45) is 0 Å². The Morgan fingerprint density at radius 3 is 2.23 bits per heavy atom. The molecule has 134 valence electrons. The molecule has 0 spiro atoms. The molecule has 0 aliphatic carbocycles. The van der Waals surface area contributed by atoms with Gasteiger partial charge in [-0.3, -0.25) is 0 Å². The van der Waals surface area contributed by atoms with Crippen molar-refractivity contribution in [2.45, 2.75) is 13.1 Å². The number of thiazole rings is 1. The molecule has 1 heterocycles. The highest BCUT2D eigenvalue weighted by molar-refractivity contribution is 7.18. The number of esters is 1. The number of hydrogen-bond acceptors (Lipinski definition) is 4. The minimum absolute atomic E-state index is 0.311. The highest BCUT2D eigenvalue weighted by Crippen LogP contribution is 2.34. The van der Waals surface area contributed by atoms with E-state index in [0.717, 1.165) is 22.6 Å². The topological polar surface area (TPSA) is 39.2 Å². The van der Waals surface area contributed by atoms with Gasteiger partial charge in [-0.1, -0.05) is 24.3 Å². The molecule has 3 nitrogen and oxygen atoms in total. The molecule has 3 aromatic rings. The van der Waals surface area contributed by atoms with E-state index in [2.05, 4.69) is 4.98 Å². The van der Waals surface area contributed by atoms with Crippen molar-refractivity contribution in [3.63, 3.8) is 0 Å². The molecule has 26 heavy (non-hydrogen) atoms. The molecule has 0 bridgehead atoms. The van der Waals surface area contributed by atoms with E-state index in [-0.39, 0.29) is 5.97 Å². The molecule has 7 heteroatoms. The minimum Gasteiger partial charge on any atom is -0.462 e. The van der Waals surface area contributed by atoms with E-state index in [4.69, 9.17) is 4.74 Å². The standard InChI is InChI=1S/C19H14F3NO2S/c1-2-25-18(24)14-5-3-12(4-6-14)16-11-23-17(26-16)13-7-9-15(10-8-13)19(20,21)22/h3-11H,2H2,1H3. The number of aromatic nitrogens is 1. The van der Waals surface area contributed by atoms with Crippen LogP contribution in [0.25, 0.3) is 21.0 Å². The molecule has 3 rings (SSSR count). The summed E-state index contributed by atoms with van der Waals surface area (Å²) < 4.78 is 42.9. The number of halogens is 3. The number of nitrogens with zero attached hydrogens (tertiary/aromatic N) is 1. The average Bonchev–Trinajstić information content (AvgIpc) is 3.11. The molecule has 0 saturated heterocycles. The molecule has 0 saturated carbocycles. The molecule has 0 radical (unpaired) electrons. The van der Waals surface area contributed by atoms with Crippen molar-refractivity contribution in [1.82, 2.24) is 4.98 Å². The van der Waals surface area contributed by atoms with Crippen molar-refractivity contribution in [1.29, 1.82) is 0 Å². The zero-order valence-corrected chi connectivity index (χ0v) is 14.5. The van der Waals surface area contributed by atoms with Crippen LogP contribution in [-0.4, -0.2) is 17.6 Å². The predicted molar refractivity (Wildman–Crippen MR) is 93.9 cm³/mol. The number of rotatable bonds is 4. The van der Waals surface area contributed by atoms with Crippen molar-refractivity contribution in [2.75, 3.05) is 6.61 Å². The molecule has 0 amide bonds. The third-order valence-electron chi connectivity index (χ3n) is 3.65. The van der Waals surface area contributed by atoms with E-state index in [0.29, 0.717) is 22.7 Å². The largest absolute Gasteiger partial charge is 0.462 e. The van der Waals surface area contributed by atoms with E-state index < -0.39 is 11.7 Å². The van der Waals surface area contributed by atoms with Crippen LogP contribution in [-0.2, 0) is 10.9 Å². The Morgan fingerprint density at radius 2 is 1.65 bits per heavy atom. The van der Waals surface area contributed by atoms with Gasteiger partial charge in [-0.2, -0.15) is 13.2 Å². The summed E-state index contributed by atoms with van der Waals surface area (Å²) in [5.74, 6) is -0.381. The minimum atomic E-state index is -4.35. The van der Waals surface area contributed by atoms with E-state index in [1.54, 1.807) is 37.4 Å². The van der Waals surface area contributed by atoms with Crippen LogP contribution in [0.15, 0.2) is 54.7 Å². The first-order valence-electron chi connectivity index (χ1n) is 7.79. The lowest BCUT2D eigenvalue weighted by atomic mass is 10.1. The highest BCUT2D eigenvalue weighted by Gasteiger charge is 2.30. The number of carbonyl (C=O) groups is 1. The number of alkyl halides is 3. The van der Waals surface area contributed by atoms with Gasteiger partial charge in [0.2, 0.25) is 0 Å². The van der Waals surface area contributed by atoms with Gasteiger partial charge >= 0.3 is 12.1 Å². The summed E-state index contributed by atoms with van der Waals surface area (Å²) in [5.41, 5.74) is 1.27. The van der Waals surface area contributed by atoms with Gasteiger partial charge in [-0.15, -0.1) is 11.3 Å². The van der Waals surface area contributed by atoms with Gasteiger partial charge in [0.05, 0.1) is 22.6 Å². The second-order valence-corrected chi connectivity index (χ2v) is 6.43. The molecule has 0 aliphatic rings. The maximum atomic E-state index is 12.6. The Bertz CT molecular complexity index is 900. The molecule has 0 N–H and O–H groups in total. The summed E-state index contributed by atoms with van der Waals surface area (Å²) in [6.45, 7) is 2.05. The smallest absolute Gasteiger partial charge is 0.416 e. The van der Waals surface area contributed by atoms with Crippen LogP contribution in [0.3, 0.4) is 0 Å². The van der Waals surface area contributed by atoms with Crippen LogP contribution in [0.4, 0.5) is 13.2 Å². The number of benzene rings is 2. The number of ether oxygens (including phenoxy) is 1. The molecule has 0 aliphatic heterocycles. The van der Waals surface area contributed by atoms with E-state index in [1.807, 2.05) is 0 Å². The Kier molecular flexibility index (Phi) is 5.08. The highest BCUT2D eigenvalue weighted by atomic mass is 32.1. The Labute approximate surface area is 152 Å². The van der Waals surface area contributed by atoms with Crippen LogP contribution >= 0.6 is 11.3 Å². The lowest BCUT2D eigenvalue weighted by Crippen LogP contribution is -2.03. The Hall–Kier alpha value is -2.67. The molecule has 0 unspecified atom stereocenters. The van der Waals surface area contributed by atoms with Gasteiger partial charge in [-0.05, 0) is 36.8 Å². The van der Waals surface area contributed by atoms with Gasteiger partial charge in [0.25, 0.3) is 0 Å². The summed E-state index contributed by atoms with van der Waals surface area (Å²) in [6.07, 6.45) is -2.69. The monoisotopic (exact) mass is 377 g/mol. The maximum Gasteiger partial charge on any atom is 0.416 e. The third-order valence-corrected chi connectivity index (χ3v) is 4.74. The Balaban J connectivity index is 1.80. The van der Waals surface area contributed by atoms with Gasteiger partial charge < -0.3 is 4.74 Å². The molecular formula is C19H14F3NO2S. The zero-order valence-electron chi connectivity index (χ0n) is 13.7. The summed E-state index contributed by atoms with van der Waals surface area (Å²) in [6, 6.07) is 11.8. The third kappa shape index (κ3) is 3.94. The average molecular weight is 377 g/mol. The van der Waals surface area contributed by atoms with Gasteiger partial charge in [-0.25, -0.2) is 9.78 Å². The van der Waals surface area contributed by atoms with Crippen LogP contribution in [0.2, 0.25) is 0 Å². The van der Waals surface area contributed by atoms with E-state index in [1.165, 1.54) is 23.5 Å². The molecule has 0 atom stereocenters. The number of carbonyl (C=O) groups excluding carboxylic acids is 1. The predicted octanol–water partition coefficient (Wildman–Crippen LogP) is 5.67. The second-order valence-electron chi connectivity index (χ2n) is 5.40. The quantitative estimate of drug-likeness (QED) is 0.550. The summed E-state index contributed by atoms with van der Waals surface area (Å²) in [4.78, 5) is 16.8. The fourth-order valence-corrected chi connectivity index (χ4v) is 3.25. The van der Waals surface area contributed by atoms with Crippen molar-refractivity contribution in [3.05, 3.63) is 65.9 Å². The Morgan fingerprint density at radius 1 is 1.04 bits per heavy atom. The molecule has 0 fully saturated rings. The van der Waals surface area contributed by atoms with Crippen LogP contribution in [0.1, 0.15) is 22.8 Å². The van der Waals surface area contributed by atoms with Crippen LogP contribution in [0, 0.1) is 0 Å². The summed E-state index contributed by atoms with van der Waals surface area (Å²) in [7, 11) is 0. The SMILES string of the molecule is CCOC(=O)c1ccc(-c2cnc(-c3ccc(C(F)(F)F)cc3)s2)cc1. The van der Waals surface area contributed by atoms with Crippen molar-refractivity contribution < 1.29 is 22.7 Å².